The number of esters is 1. The van der Waals surface area contributed by atoms with Crippen molar-refractivity contribution in [2.24, 2.45) is 22.7 Å². The van der Waals surface area contributed by atoms with E-state index in [9.17, 15) is 14.7 Å². The summed E-state index contributed by atoms with van der Waals surface area (Å²) in [6.45, 7) is 15.7. The lowest BCUT2D eigenvalue weighted by molar-refractivity contribution is -0.148. The van der Waals surface area contributed by atoms with E-state index in [1.54, 1.807) is 0 Å². The van der Waals surface area contributed by atoms with Gasteiger partial charge >= 0.3 is 5.97 Å². The van der Waals surface area contributed by atoms with Crippen LogP contribution in [-0.4, -0.2) is 40.8 Å². The molecule has 1 saturated heterocycles. The van der Waals surface area contributed by atoms with Gasteiger partial charge in [-0.1, -0.05) is 47.5 Å². The molecule has 5 heteroatoms. The smallest absolute Gasteiger partial charge is 0.302 e. The van der Waals surface area contributed by atoms with E-state index >= 15 is 0 Å². The van der Waals surface area contributed by atoms with Crippen molar-refractivity contribution in [2.75, 3.05) is 0 Å². The maximum atomic E-state index is 13.1. The van der Waals surface area contributed by atoms with Crippen molar-refractivity contribution in [3.63, 3.8) is 0 Å². The molecule has 0 unspecified atom stereocenters. The molecule has 0 bridgehead atoms. The van der Waals surface area contributed by atoms with Gasteiger partial charge in [-0.2, -0.15) is 0 Å². The molecule has 0 spiro atoms. The van der Waals surface area contributed by atoms with Crippen molar-refractivity contribution in [1.29, 1.82) is 0 Å². The van der Waals surface area contributed by atoms with Crippen molar-refractivity contribution >= 4 is 11.8 Å². The summed E-state index contributed by atoms with van der Waals surface area (Å²) in [6, 6.07) is 0. The van der Waals surface area contributed by atoms with Gasteiger partial charge in [-0.05, 0) is 38.0 Å². The summed E-state index contributed by atoms with van der Waals surface area (Å²) >= 11 is 0. The third kappa shape index (κ3) is 3.95. The van der Waals surface area contributed by atoms with Gasteiger partial charge < -0.3 is 14.6 Å². The molecule has 27 heavy (non-hydrogen) atoms. The standard InChI is InChI=1S/C22H38O5/c1-9-10-11-22(8)16(17(24)18(25)20(22,4)5)13(2)12-15(26-14(3)23)19-21(6,7)27-19/h13,15-16,18-19,25H,9-12H2,1-8H3/t13-,15-,16+,18+,19+,22-/m1/s1. The Morgan fingerprint density at radius 3 is 2.26 bits per heavy atom. The number of carbonyl (C=O) groups excluding carboxylic acids is 2. The predicted octanol–water partition coefficient (Wildman–Crippen LogP) is 3.90. The summed E-state index contributed by atoms with van der Waals surface area (Å²) in [7, 11) is 0. The maximum absolute atomic E-state index is 13.1. The first-order valence-electron chi connectivity index (χ1n) is 10.4. The van der Waals surface area contributed by atoms with E-state index in [2.05, 4.69) is 13.8 Å². The molecule has 0 aromatic carbocycles. The molecule has 0 aromatic heterocycles. The van der Waals surface area contributed by atoms with Crippen LogP contribution in [0.4, 0.5) is 0 Å². The average molecular weight is 383 g/mol. The Morgan fingerprint density at radius 2 is 1.81 bits per heavy atom. The van der Waals surface area contributed by atoms with Crippen LogP contribution in [0.1, 0.15) is 81.1 Å². The van der Waals surface area contributed by atoms with Crippen LogP contribution < -0.4 is 0 Å². The number of ketones is 1. The number of Topliss-reactive ketones (excluding diaryl/α,β-unsaturated/α-hetero) is 1. The largest absolute Gasteiger partial charge is 0.460 e. The molecule has 1 N–H and O–H groups in total. The molecular formula is C22H38O5. The number of aliphatic hydroxyl groups is 1. The van der Waals surface area contributed by atoms with E-state index in [0.29, 0.717) is 6.42 Å². The van der Waals surface area contributed by atoms with Crippen LogP contribution in [0, 0.1) is 22.7 Å². The Morgan fingerprint density at radius 1 is 1.26 bits per heavy atom. The van der Waals surface area contributed by atoms with Crippen molar-refractivity contribution in [1.82, 2.24) is 0 Å². The fourth-order valence-corrected chi connectivity index (χ4v) is 5.25. The van der Waals surface area contributed by atoms with Gasteiger partial charge in [-0.15, -0.1) is 0 Å². The van der Waals surface area contributed by atoms with Crippen molar-refractivity contribution < 1.29 is 24.2 Å². The van der Waals surface area contributed by atoms with Gasteiger partial charge in [0, 0.05) is 18.3 Å². The zero-order valence-corrected chi connectivity index (χ0v) is 18.3. The Kier molecular flexibility index (Phi) is 6.19. The van der Waals surface area contributed by atoms with Crippen LogP contribution in [0.25, 0.3) is 0 Å². The molecule has 5 nitrogen and oxygen atoms in total. The van der Waals surface area contributed by atoms with Gasteiger partial charge in [0.05, 0.1) is 5.60 Å². The fraction of sp³-hybridized carbons (Fsp3) is 0.909. The van der Waals surface area contributed by atoms with Gasteiger partial charge in [0.2, 0.25) is 0 Å². The van der Waals surface area contributed by atoms with E-state index in [1.165, 1.54) is 6.92 Å². The minimum atomic E-state index is -0.951. The zero-order chi connectivity index (χ0) is 20.8. The third-order valence-corrected chi connectivity index (χ3v) is 7.35. The molecule has 1 aliphatic heterocycles. The van der Waals surface area contributed by atoms with Gasteiger partial charge in [-0.25, -0.2) is 0 Å². The first-order chi connectivity index (χ1) is 12.3. The number of carbonyl (C=O) groups is 2. The lowest BCUT2D eigenvalue weighted by Crippen LogP contribution is -2.41. The molecule has 2 aliphatic rings. The van der Waals surface area contributed by atoms with Crippen molar-refractivity contribution in [2.45, 2.75) is 105 Å². The summed E-state index contributed by atoms with van der Waals surface area (Å²) in [5, 5.41) is 10.7. The maximum Gasteiger partial charge on any atom is 0.302 e. The average Bonchev–Trinajstić information content (AvgIpc) is 3.15. The summed E-state index contributed by atoms with van der Waals surface area (Å²) in [4.78, 5) is 24.7. The monoisotopic (exact) mass is 382 g/mol. The lowest BCUT2D eigenvalue weighted by Gasteiger charge is -2.44. The first kappa shape index (κ1) is 22.4. The number of aliphatic hydroxyl groups excluding tert-OH is 1. The van der Waals surface area contributed by atoms with Gasteiger partial charge in [-0.3, -0.25) is 9.59 Å². The number of epoxide rings is 1. The van der Waals surface area contributed by atoms with E-state index in [1.807, 2.05) is 34.6 Å². The number of hydrogen-bond acceptors (Lipinski definition) is 5. The number of rotatable bonds is 8. The van der Waals surface area contributed by atoms with E-state index in [-0.39, 0.29) is 46.8 Å². The number of ether oxygens (including phenoxy) is 2. The molecule has 2 rings (SSSR count). The van der Waals surface area contributed by atoms with Crippen LogP contribution in [0.3, 0.4) is 0 Å². The highest BCUT2D eigenvalue weighted by atomic mass is 16.6. The molecule has 6 atom stereocenters. The second-order valence-corrected chi connectivity index (χ2v) is 10.0. The lowest BCUT2D eigenvalue weighted by atomic mass is 9.59. The topological polar surface area (TPSA) is 76.1 Å². The summed E-state index contributed by atoms with van der Waals surface area (Å²) in [5.41, 5.74) is -1.08. The van der Waals surface area contributed by atoms with Crippen LogP contribution in [0.5, 0.6) is 0 Å². The normalized spacial score (nSPS) is 36.3. The Balaban J connectivity index is 2.26. The molecule has 156 valence electrons. The Labute approximate surface area is 164 Å². The van der Waals surface area contributed by atoms with Crippen molar-refractivity contribution in [3.8, 4) is 0 Å². The van der Waals surface area contributed by atoms with Crippen LogP contribution in [-0.2, 0) is 19.1 Å². The fourth-order valence-electron chi connectivity index (χ4n) is 5.25. The van der Waals surface area contributed by atoms with E-state index in [0.717, 1.165) is 19.3 Å². The highest BCUT2D eigenvalue weighted by Gasteiger charge is 2.63. The van der Waals surface area contributed by atoms with E-state index in [4.69, 9.17) is 9.47 Å². The minimum absolute atomic E-state index is 0.0138. The molecule has 0 amide bonds. The number of hydrogen-bond donors (Lipinski definition) is 1. The highest BCUT2D eigenvalue weighted by Crippen LogP contribution is 2.59. The molecule has 2 fully saturated rings. The molecule has 0 radical (unpaired) electrons. The second-order valence-electron chi connectivity index (χ2n) is 10.0. The molecular weight excluding hydrogens is 344 g/mol. The highest BCUT2D eigenvalue weighted by molar-refractivity contribution is 5.90. The van der Waals surface area contributed by atoms with Crippen molar-refractivity contribution in [3.05, 3.63) is 0 Å². The minimum Gasteiger partial charge on any atom is -0.460 e. The van der Waals surface area contributed by atoms with Crippen LogP contribution in [0.2, 0.25) is 0 Å². The summed E-state index contributed by atoms with van der Waals surface area (Å²) in [6.07, 6.45) is 2.09. The molecule has 0 aromatic rings. The van der Waals surface area contributed by atoms with E-state index < -0.39 is 11.5 Å². The Hall–Kier alpha value is -0.940. The third-order valence-electron chi connectivity index (χ3n) is 7.35. The first-order valence-corrected chi connectivity index (χ1v) is 10.4. The van der Waals surface area contributed by atoms with Crippen LogP contribution in [0.15, 0.2) is 0 Å². The van der Waals surface area contributed by atoms with Gasteiger partial charge in [0.1, 0.15) is 18.3 Å². The predicted molar refractivity (Wildman–Crippen MR) is 104 cm³/mol. The zero-order valence-electron chi connectivity index (χ0n) is 18.3. The van der Waals surface area contributed by atoms with Gasteiger partial charge in [0.15, 0.2) is 5.78 Å². The quantitative estimate of drug-likeness (QED) is 0.509. The SMILES string of the molecule is CCCC[C@]1(C)[C@@H]([C@H](C)C[C@@H](OC(C)=O)[C@@H]2OC2(C)C)C(=O)[C@H](O)C1(C)C. The number of unbranched alkanes of at least 4 members (excludes halogenated alkanes) is 1. The second kappa shape index (κ2) is 7.47. The Bertz CT molecular complexity index is 581. The summed E-state index contributed by atoms with van der Waals surface area (Å²) < 4.78 is 11.3. The molecule has 1 heterocycles. The summed E-state index contributed by atoms with van der Waals surface area (Å²) in [5.74, 6) is -0.664. The molecule has 1 saturated carbocycles. The van der Waals surface area contributed by atoms with Gasteiger partial charge in [0.25, 0.3) is 0 Å². The molecule has 1 aliphatic carbocycles. The van der Waals surface area contributed by atoms with Crippen LogP contribution >= 0.6 is 0 Å².